The molecule has 0 fully saturated rings. The molecule has 0 amide bonds. The summed E-state index contributed by atoms with van der Waals surface area (Å²) in [5.74, 6) is 0. The molecule has 8 aromatic carbocycles. The summed E-state index contributed by atoms with van der Waals surface area (Å²) in [5.41, 5.74) is 10.0. The normalized spacial score (nSPS) is 12.0. The number of anilines is 3. The van der Waals surface area contributed by atoms with Crippen LogP contribution in [0.1, 0.15) is 0 Å². The zero-order valence-electron chi connectivity index (χ0n) is 26.9. The van der Waals surface area contributed by atoms with Crippen molar-refractivity contribution in [2.75, 3.05) is 4.90 Å². The Bertz CT molecular complexity index is 3110. The zero-order chi connectivity index (χ0) is 32.8. The van der Waals surface area contributed by atoms with Crippen LogP contribution in [0, 0.1) is 0 Å². The van der Waals surface area contributed by atoms with Crippen molar-refractivity contribution in [3.63, 3.8) is 0 Å². The van der Waals surface area contributed by atoms with Crippen molar-refractivity contribution >= 4 is 93.5 Å². The second-order valence-corrected chi connectivity index (χ2v) is 12.9. The molecule has 0 spiro atoms. The molecule has 0 unspecified atom stereocenters. The first-order valence-electron chi connectivity index (χ1n) is 16.9. The molecule has 0 aliphatic carbocycles. The Labute approximate surface area is 286 Å². The fourth-order valence-electron chi connectivity index (χ4n) is 7.93. The monoisotopic (exact) mass is 640 g/mol. The van der Waals surface area contributed by atoms with Gasteiger partial charge in [-0.2, -0.15) is 0 Å². The van der Waals surface area contributed by atoms with Gasteiger partial charge in [-0.1, -0.05) is 91.0 Å². The van der Waals surface area contributed by atoms with Gasteiger partial charge in [0.25, 0.3) is 0 Å². The molecular formula is C46H28N2O2. The second-order valence-electron chi connectivity index (χ2n) is 12.9. The lowest BCUT2D eigenvalue weighted by atomic mass is 10.0. The topological polar surface area (TPSA) is 34.5 Å². The predicted molar refractivity (Wildman–Crippen MR) is 208 cm³/mol. The molecule has 0 atom stereocenters. The zero-order valence-corrected chi connectivity index (χ0v) is 26.9. The highest BCUT2D eigenvalue weighted by Gasteiger charge is 2.20. The maximum atomic E-state index is 6.42. The number of para-hydroxylation sites is 3. The number of aromatic nitrogens is 1. The molecular weight excluding hydrogens is 613 g/mol. The Morgan fingerprint density at radius 3 is 1.86 bits per heavy atom. The van der Waals surface area contributed by atoms with Crippen LogP contribution in [0.25, 0.3) is 82.1 Å². The lowest BCUT2D eigenvalue weighted by Gasteiger charge is -2.26. The second kappa shape index (κ2) is 10.4. The van der Waals surface area contributed by atoms with Crippen molar-refractivity contribution < 1.29 is 8.83 Å². The van der Waals surface area contributed by atoms with Gasteiger partial charge >= 0.3 is 0 Å². The molecule has 50 heavy (non-hydrogen) atoms. The molecule has 0 radical (unpaired) electrons. The molecule has 4 nitrogen and oxygen atoms in total. The smallest absolute Gasteiger partial charge is 0.137 e. The third-order valence-corrected chi connectivity index (χ3v) is 10.2. The Kier molecular flexibility index (Phi) is 5.63. The Morgan fingerprint density at radius 2 is 0.960 bits per heavy atom. The van der Waals surface area contributed by atoms with Crippen LogP contribution in [0.2, 0.25) is 0 Å². The predicted octanol–water partition coefficient (Wildman–Crippen LogP) is 13.2. The van der Waals surface area contributed by atoms with E-state index in [1.54, 1.807) is 0 Å². The number of furan rings is 2. The maximum absolute atomic E-state index is 6.42. The fourth-order valence-corrected chi connectivity index (χ4v) is 7.93. The first kappa shape index (κ1) is 27.2. The van der Waals surface area contributed by atoms with Crippen LogP contribution >= 0.6 is 0 Å². The van der Waals surface area contributed by atoms with E-state index in [-0.39, 0.29) is 0 Å². The van der Waals surface area contributed by atoms with Gasteiger partial charge in [0.2, 0.25) is 0 Å². The van der Waals surface area contributed by atoms with Crippen molar-refractivity contribution in [3.8, 4) is 5.69 Å². The average Bonchev–Trinajstić information content (AvgIpc) is 3.84. The lowest BCUT2D eigenvalue weighted by Crippen LogP contribution is -2.10. The summed E-state index contributed by atoms with van der Waals surface area (Å²) in [6.07, 6.45) is 0. The van der Waals surface area contributed by atoms with Crippen LogP contribution in [0.4, 0.5) is 17.1 Å². The van der Waals surface area contributed by atoms with Crippen LogP contribution in [0.3, 0.4) is 0 Å². The Hall–Kier alpha value is -6.78. The largest absolute Gasteiger partial charge is 0.456 e. The molecule has 0 aliphatic heterocycles. The van der Waals surface area contributed by atoms with Gasteiger partial charge < -0.3 is 18.3 Å². The van der Waals surface area contributed by atoms with Crippen molar-refractivity contribution in [1.29, 1.82) is 0 Å². The lowest BCUT2D eigenvalue weighted by molar-refractivity contribution is 0.668. The molecule has 0 aliphatic rings. The third-order valence-electron chi connectivity index (χ3n) is 10.2. The number of nitrogens with zero attached hydrogens (tertiary/aromatic N) is 2. The van der Waals surface area contributed by atoms with E-state index in [0.29, 0.717) is 0 Å². The van der Waals surface area contributed by atoms with Crippen molar-refractivity contribution in [1.82, 2.24) is 4.57 Å². The minimum absolute atomic E-state index is 0.856. The van der Waals surface area contributed by atoms with E-state index in [9.17, 15) is 0 Å². The first-order valence-corrected chi connectivity index (χ1v) is 16.9. The summed E-state index contributed by atoms with van der Waals surface area (Å²) >= 11 is 0. The molecule has 11 aromatic rings. The highest BCUT2D eigenvalue weighted by molar-refractivity contribution is 6.19. The number of rotatable bonds is 4. The van der Waals surface area contributed by atoms with Gasteiger partial charge in [-0.05, 0) is 83.6 Å². The summed E-state index contributed by atoms with van der Waals surface area (Å²) in [6.45, 7) is 0. The summed E-state index contributed by atoms with van der Waals surface area (Å²) in [7, 11) is 0. The fraction of sp³-hybridized carbons (Fsp3) is 0. The van der Waals surface area contributed by atoms with Crippen molar-refractivity contribution in [2.24, 2.45) is 0 Å². The van der Waals surface area contributed by atoms with E-state index in [4.69, 9.17) is 8.83 Å². The highest BCUT2D eigenvalue weighted by Crippen LogP contribution is 2.44. The Balaban J connectivity index is 1.20. The van der Waals surface area contributed by atoms with Gasteiger partial charge in [-0.25, -0.2) is 0 Å². The van der Waals surface area contributed by atoms with Crippen LogP contribution in [0.15, 0.2) is 179 Å². The maximum Gasteiger partial charge on any atom is 0.137 e. The van der Waals surface area contributed by atoms with E-state index in [1.807, 2.05) is 12.1 Å². The molecule has 3 aromatic heterocycles. The number of hydrogen-bond donors (Lipinski definition) is 0. The van der Waals surface area contributed by atoms with Crippen molar-refractivity contribution in [3.05, 3.63) is 170 Å². The minimum Gasteiger partial charge on any atom is -0.456 e. The quantitative estimate of drug-likeness (QED) is 0.192. The molecule has 0 saturated carbocycles. The first-order chi connectivity index (χ1) is 24.8. The average molecular weight is 641 g/mol. The highest BCUT2D eigenvalue weighted by atomic mass is 16.3. The van der Waals surface area contributed by atoms with Gasteiger partial charge in [0.05, 0.1) is 11.0 Å². The SMILES string of the molecule is c1ccc(-n2c3ccccc3c3ccc(N(c4ccc5c(c4)oc4ccccc45)c4ccc5oc6ccc7ccccc7c6c5c4)cc32)cc1. The molecule has 11 rings (SSSR count). The van der Waals surface area contributed by atoms with Crippen molar-refractivity contribution in [2.45, 2.75) is 0 Å². The summed E-state index contributed by atoms with van der Waals surface area (Å²) in [5, 5.41) is 9.26. The van der Waals surface area contributed by atoms with Gasteiger partial charge in [0, 0.05) is 61.1 Å². The minimum atomic E-state index is 0.856. The Morgan fingerprint density at radius 1 is 0.360 bits per heavy atom. The molecule has 4 heteroatoms. The number of benzene rings is 8. The molecule has 0 bridgehead atoms. The molecule has 0 saturated heterocycles. The summed E-state index contributed by atoms with van der Waals surface area (Å²) in [4.78, 5) is 2.34. The van der Waals surface area contributed by atoms with Gasteiger partial charge in [0.15, 0.2) is 0 Å². The van der Waals surface area contributed by atoms with Gasteiger partial charge in [-0.15, -0.1) is 0 Å². The van der Waals surface area contributed by atoms with Crippen LogP contribution < -0.4 is 4.90 Å². The molecule has 0 N–H and O–H groups in total. The molecule has 3 heterocycles. The third kappa shape index (κ3) is 3.93. The van der Waals surface area contributed by atoms with E-state index in [1.165, 1.54) is 27.1 Å². The number of fused-ring (bicyclic) bond motifs is 11. The standard InChI is InChI=1S/C46H28N2O2/c1-2-11-30(12-3-1)48-40-16-8-6-14-35(40)36-22-19-32(27-41(36)48)47(33-20-23-38-37-15-7-9-17-42(37)50-45(38)28-33)31-21-25-43-39(26-31)46-34-13-5-4-10-29(34)18-24-44(46)49-43/h1-28H. The summed E-state index contributed by atoms with van der Waals surface area (Å²) < 4.78 is 15.2. The van der Waals surface area contributed by atoms with Crippen LogP contribution in [0.5, 0.6) is 0 Å². The van der Waals surface area contributed by atoms with E-state index in [2.05, 4.69) is 167 Å². The van der Waals surface area contributed by atoms with Gasteiger partial charge in [0.1, 0.15) is 22.3 Å². The molecule has 234 valence electrons. The van der Waals surface area contributed by atoms with Gasteiger partial charge in [-0.3, -0.25) is 0 Å². The number of hydrogen-bond acceptors (Lipinski definition) is 3. The van der Waals surface area contributed by atoms with Crippen LogP contribution in [-0.4, -0.2) is 4.57 Å². The van der Waals surface area contributed by atoms with E-state index < -0.39 is 0 Å². The van der Waals surface area contributed by atoms with E-state index in [0.717, 1.165) is 72.1 Å². The summed E-state index contributed by atoms with van der Waals surface area (Å²) in [6, 6.07) is 60.2. The van der Waals surface area contributed by atoms with E-state index >= 15 is 0 Å². The van der Waals surface area contributed by atoms with Crippen LogP contribution in [-0.2, 0) is 0 Å².